The number of nitrogens with zero attached hydrogens (tertiary/aromatic N) is 1. The Morgan fingerprint density at radius 1 is 1.64 bits per heavy atom. The molecule has 1 aromatic rings. The average Bonchev–Trinajstić information content (AvgIpc) is 2.30. The fraction of sp³-hybridized carbons (Fsp3) is 0.250. The van der Waals surface area contributed by atoms with Gasteiger partial charge < -0.3 is 9.93 Å². The molecule has 3 nitrogen and oxygen atoms in total. The molecule has 3 heteroatoms. The summed E-state index contributed by atoms with van der Waals surface area (Å²) in [5.41, 5.74) is 1.86. The van der Waals surface area contributed by atoms with Crippen molar-refractivity contribution in [2.24, 2.45) is 0 Å². The molecule has 0 atom stereocenters. The van der Waals surface area contributed by atoms with Gasteiger partial charge in [-0.3, -0.25) is 0 Å². The Kier molecular flexibility index (Phi) is 1.89. The second kappa shape index (κ2) is 2.70. The van der Waals surface area contributed by atoms with Crippen molar-refractivity contribution in [1.82, 2.24) is 5.16 Å². The molecule has 0 spiro atoms. The molecule has 1 heterocycles. The summed E-state index contributed by atoms with van der Waals surface area (Å²) in [5, 5.41) is 11.2. The van der Waals surface area contributed by atoms with Gasteiger partial charge in [-0.1, -0.05) is 11.7 Å². The third kappa shape index (κ3) is 1.22. The van der Waals surface area contributed by atoms with Crippen LogP contribution in [0.2, 0.25) is 0 Å². The van der Waals surface area contributed by atoms with Crippen molar-refractivity contribution < 1.29 is 4.52 Å². The van der Waals surface area contributed by atoms with E-state index in [-0.39, 0.29) is 0 Å². The smallest absolute Gasteiger partial charge is 0.143 e. The van der Waals surface area contributed by atoms with Crippen molar-refractivity contribution in [2.45, 2.75) is 13.8 Å². The normalized spacial score (nSPS) is 9.64. The molecule has 1 N–H and O–H groups in total. The van der Waals surface area contributed by atoms with Crippen LogP contribution in [0.4, 0.5) is 0 Å². The third-order valence-electron chi connectivity index (χ3n) is 1.51. The van der Waals surface area contributed by atoms with E-state index in [1.807, 2.05) is 6.92 Å². The molecule has 0 aliphatic rings. The molecule has 0 aliphatic heterocycles. The van der Waals surface area contributed by atoms with Gasteiger partial charge in [-0.05, 0) is 19.9 Å². The maximum atomic E-state index is 7.46. The summed E-state index contributed by atoms with van der Waals surface area (Å²) in [6, 6.07) is 0. The lowest BCUT2D eigenvalue weighted by Gasteiger charge is -1.93. The van der Waals surface area contributed by atoms with Gasteiger partial charge in [0.1, 0.15) is 5.76 Å². The molecule has 0 saturated carbocycles. The molecule has 0 saturated heterocycles. The lowest BCUT2D eigenvalue weighted by molar-refractivity contribution is 0.393. The molecule has 11 heavy (non-hydrogen) atoms. The number of aryl methyl sites for hydroxylation is 2. The lowest BCUT2D eigenvalue weighted by atomic mass is 10.1. The average molecular weight is 150 g/mol. The van der Waals surface area contributed by atoms with Gasteiger partial charge in [-0.25, -0.2) is 0 Å². The fourth-order valence-electron chi connectivity index (χ4n) is 0.970. The minimum absolute atomic E-state index is 0.362. The number of hydrogen-bond acceptors (Lipinski definition) is 3. The van der Waals surface area contributed by atoms with Crippen molar-refractivity contribution in [3.05, 3.63) is 29.7 Å². The van der Waals surface area contributed by atoms with Gasteiger partial charge in [-0.2, -0.15) is 0 Å². The fourth-order valence-corrected chi connectivity index (χ4v) is 0.970. The minimum atomic E-state index is 0.362. The van der Waals surface area contributed by atoms with E-state index in [2.05, 4.69) is 11.7 Å². The number of aromatic nitrogens is 1. The van der Waals surface area contributed by atoms with E-state index in [9.17, 15) is 0 Å². The number of rotatable bonds is 2. The molecule has 0 aliphatic carbocycles. The highest BCUT2D eigenvalue weighted by atomic mass is 16.5. The Hall–Kier alpha value is -1.38. The summed E-state index contributed by atoms with van der Waals surface area (Å²) in [6.07, 6.45) is 1.48. The van der Waals surface area contributed by atoms with E-state index in [0.717, 1.165) is 11.3 Å². The van der Waals surface area contributed by atoms with Gasteiger partial charge in [0.15, 0.2) is 0 Å². The van der Waals surface area contributed by atoms with Crippen molar-refractivity contribution in [3.63, 3.8) is 0 Å². The van der Waals surface area contributed by atoms with E-state index in [0.29, 0.717) is 11.5 Å². The second-order valence-corrected chi connectivity index (χ2v) is 2.32. The molecule has 58 valence electrons. The van der Waals surface area contributed by atoms with Crippen molar-refractivity contribution in [3.8, 4) is 0 Å². The van der Waals surface area contributed by atoms with Crippen LogP contribution in [0, 0.1) is 19.3 Å². The second-order valence-electron chi connectivity index (χ2n) is 2.32. The van der Waals surface area contributed by atoms with E-state index in [1.54, 1.807) is 6.92 Å². The van der Waals surface area contributed by atoms with E-state index < -0.39 is 0 Å². The molecule has 0 radical (unpaired) electrons. The standard InChI is InChI=1S/C8H10N2O/c1-4-7(9)8-5(2)10-11-6(8)3/h4,9H,1H2,2-3H3. The van der Waals surface area contributed by atoms with Crippen LogP contribution in [0.3, 0.4) is 0 Å². The van der Waals surface area contributed by atoms with Gasteiger partial charge in [0.05, 0.1) is 17.0 Å². The molecular formula is C8H10N2O. The highest BCUT2D eigenvalue weighted by molar-refractivity contribution is 6.07. The first-order valence-corrected chi connectivity index (χ1v) is 3.31. The Morgan fingerprint density at radius 2 is 2.27 bits per heavy atom. The molecule has 0 bridgehead atoms. The molecule has 0 fully saturated rings. The van der Waals surface area contributed by atoms with Gasteiger partial charge >= 0.3 is 0 Å². The zero-order valence-corrected chi connectivity index (χ0v) is 6.64. The summed E-state index contributed by atoms with van der Waals surface area (Å²) < 4.78 is 4.88. The van der Waals surface area contributed by atoms with Crippen LogP contribution in [0.25, 0.3) is 0 Å². The monoisotopic (exact) mass is 150 g/mol. The molecule has 0 amide bonds. The van der Waals surface area contributed by atoms with Crippen LogP contribution in [0.1, 0.15) is 17.0 Å². The van der Waals surface area contributed by atoms with Crippen LogP contribution < -0.4 is 0 Å². The van der Waals surface area contributed by atoms with Gasteiger partial charge in [-0.15, -0.1) is 0 Å². The maximum absolute atomic E-state index is 7.46. The minimum Gasteiger partial charge on any atom is -0.361 e. The van der Waals surface area contributed by atoms with Gasteiger partial charge in [0.25, 0.3) is 0 Å². The van der Waals surface area contributed by atoms with Crippen LogP contribution in [-0.4, -0.2) is 10.9 Å². The van der Waals surface area contributed by atoms with Crippen LogP contribution in [0.15, 0.2) is 17.2 Å². The SMILES string of the molecule is C=CC(=N)c1c(C)noc1C. The summed E-state index contributed by atoms with van der Waals surface area (Å²) in [6.45, 7) is 7.10. The zero-order chi connectivity index (χ0) is 8.43. The predicted octanol–water partition coefficient (Wildman–Crippen LogP) is 1.85. The number of hydrogen-bond donors (Lipinski definition) is 1. The third-order valence-corrected chi connectivity index (χ3v) is 1.51. The van der Waals surface area contributed by atoms with Crippen LogP contribution in [0.5, 0.6) is 0 Å². The zero-order valence-electron chi connectivity index (χ0n) is 6.64. The van der Waals surface area contributed by atoms with E-state index >= 15 is 0 Å². The van der Waals surface area contributed by atoms with Crippen LogP contribution >= 0.6 is 0 Å². The number of nitrogens with one attached hydrogen (secondary N) is 1. The molecule has 0 aromatic carbocycles. The molecular weight excluding hydrogens is 140 g/mol. The summed E-state index contributed by atoms with van der Waals surface area (Å²) >= 11 is 0. The molecule has 1 rings (SSSR count). The quantitative estimate of drug-likeness (QED) is 0.654. The molecule has 1 aromatic heterocycles. The first-order valence-electron chi connectivity index (χ1n) is 3.31. The highest BCUT2D eigenvalue weighted by Crippen LogP contribution is 2.12. The maximum Gasteiger partial charge on any atom is 0.143 e. The first kappa shape index (κ1) is 7.72. The van der Waals surface area contributed by atoms with Crippen molar-refractivity contribution in [2.75, 3.05) is 0 Å². The highest BCUT2D eigenvalue weighted by Gasteiger charge is 2.10. The first-order chi connectivity index (χ1) is 5.16. The Labute approximate surface area is 65.2 Å². The summed E-state index contributed by atoms with van der Waals surface area (Å²) in [5.74, 6) is 0.674. The Morgan fingerprint density at radius 3 is 2.64 bits per heavy atom. The van der Waals surface area contributed by atoms with Crippen molar-refractivity contribution >= 4 is 5.71 Å². The van der Waals surface area contributed by atoms with Gasteiger partial charge in [0.2, 0.25) is 0 Å². The Bertz CT molecular complexity index is 280. The summed E-state index contributed by atoms with van der Waals surface area (Å²) in [4.78, 5) is 0. The van der Waals surface area contributed by atoms with E-state index in [4.69, 9.17) is 9.93 Å². The topological polar surface area (TPSA) is 49.9 Å². The van der Waals surface area contributed by atoms with E-state index in [1.165, 1.54) is 6.08 Å². The van der Waals surface area contributed by atoms with Crippen molar-refractivity contribution in [1.29, 1.82) is 5.41 Å². The Balaban J connectivity index is 3.20. The predicted molar refractivity (Wildman–Crippen MR) is 43.0 cm³/mol. The lowest BCUT2D eigenvalue weighted by Crippen LogP contribution is -1.96. The molecule has 0 unspecified atom stereocenters. The van der Waals surface area contributed by atoms with Gasteiger partial charge in [0, 0.05) is 0 Å². The largest absolute Gasteiger partial charge is 0.361 e. The van der Waals surface area contributed by atoms with Crippen LogP contribution in [-0.2, 0) is 0 Å². The summed E-state index contributed by atoms with van der Waals surface area (Å²) in [7, 11) is 0. The number of allylic oxidation sites excluding steroid dienone is 1.